The zero-order valence-electron chi connectivity index (χ0n) is 17.8. The number of nitrogens with one attached hydrogen (secondary N) is 2. The number of sulfonamides is 1. The number of hydrogen-bond acceptors (Lipinski definition) is 5. The van der Waals surface area contributed by atoms with Crippen LogP contribution in [0, 0.1) is 0 Å². The van der Waals surface area contributed by atoms with Gasteiger partial charge in [-0.3, -0.25) is 25.1 Å². The molecule has 0 spiro atoms. The number of aryl methyl sites for hydroxylation is 2. The number of rotatable bonds is 6. The molecule has 0 unspecified atom stereocenters. The fourth-order valence-corrected chi connectivity index (χ4v) is 3.64. The highest BCUT2D eigenvalue weighted by Gasteiger charge is 2.30. The van der Waals surface area contributed by atoms with E-state index in [4.69, 9.17) is 5.14 Å². The maximum Gasteiger partial charge on any atom is 0.416 e. The highest BCUT2D eigenvalue weighted by atomic mass is 32.2. The molecule has 180 valence electrons. The van der Waals surface area contributed by atoms with Gasteiger partial charge >= 0.3 is 6.18 Å². The van der Waals surface area contributed by atoms with Crippen LogP contribution in [0.1, 0.15) is 37.5 Å². The van der Waals surface area contributed by atoms with Crippen LogP contribution < -0.4 is 16.0 Å². The lowest BCUT2D eigenvalue weighted by Gasteiger charge is -2.10. The Labute approximate surface area is 192 Å². The molecule has 3 rings (SSSR count). The van der Waals surface area contributed by atoms with Crippen LogP contribution >= 0.6 is 0 Å². The monoisotopic (exact) mass is 495 g/mol. The summed E-state index contributed by atoms with van der Waals surface area (Å²) in [5.74, 6) is -1.34. The smallest absolute Gasteiger partial charge is 0.272 e. The molecular formula is C21H20F3N5O4S. The second-order valence-electron chi connectivity index (χ2n) is 7.30. The molecule has 0 radical (unpaired) electrons. The van der Waals surface area contributed by atoms with Crippen molar-refractivity contribution in [2.24, 2.45) is 12.2 Å². The van der Waals surface area contributed by atoms with E-state index in [1.54, 1.807) is 7.05 Å². The average molecular weight is 495 g/mol. The molecule has 0 aliphatic rings. The standard InChI is InChI=1S/C21H20F3N5O4S/c1-29-18(11-4-13-2-7-15(8-3-13)21(22,23)24)17(12-26-29)20(31)28-27-19(30)14-5-9-16(10-6-14)34(25,32)33/h2-3,5-10,12H,4,11H2,1H3,(H,27,30)(H,28,31)(H2,25,32,33). The van der Waals surface area contributed by atoms with Crippen molar-refractivity contribution >= 4 is 21.8 Å². The van der Waals surface area contributed by atoms with Gasteiger partial charge in [0, 0.05) is 12.6 Å². The van der Waals surface area contributed by atoms with Crippen molar-refractivity contribution in [3.8, 4) is 0 Å². The molecule has 3 aromatic rings. The van der Waals surface area contributed by atoms with Crippen molar-refractivity contribution < 1.29 is 31.2 Å². The fraction of sp³-hybridized carbons (Fsp3) is 0.190. The SMILES string of the molecule is Cn1ncc(C(=O)NNC(=O)c2ccc(S(N)(=O)=O)cc2)c1CCc1ccc(C(F)(F)F)cc1. The molecule has 0 atom stereocenters. The van der Waals surface area contributed by atoms with E-state index in [1.807, 2.05) is 0 Å². The molecule has 0 saturated carbocycles. The average Bonchev–Trinajstić information content (AvgIpc) is 3.15. The third-order valence-electron chi connectivity index (χ3n) is 4.97. The minimum absolute atomic E-state index is 0.0846. The lowest BCUT2D eigenvalue weighted by atomic mass is 10.0. The lowest BCUT2D eigenvalue weighted by Crippen LogP contribution is -2.41. The predicted molar refractivity (Wildman–Crippen MR) is 115 cm³/mol. The molecule has 13 heteroatoms. The van der Waals surface area contributed by atoms with Crippen LogP contribution in [-0.2, 0) is 36.1 Å². The van der Waals surface area contributed by atoms with Crippen molar-refractivity contribution in [2.75, 3.05) is 0 Å². The van der Waals surface area contributed by atoms with Gasteiger partial charge in [-0.15, -0.1) is 0 Å². The molecule has 2 aromatic carbocycles. The molecule has 0 aliphatic carbocycles. The Morgan fingerprint density at radius 3 is 2.12 bits per heavy atom. The molecule has 0 bridgehead atoms. The number of aromatic nitrogens is 2. The topological polar surface area (TPSA) is 136 Å². The minimum Gasteiger partial charge on any atom is -0.272 e. The van der Waals surface area contributed by atoms with E-state index in [2.05, 4.69) is 16.0 Å². The van der Waals surface area contributed by atoms with Crippen molar-refractivity contribution in [1.82, 2.24) is 20.6 Å². The Balaban J connectivity index is 1.62. The third-order valence-corrected chi connectivity index (χ3v) is 5.90. The fourth-order valence-electron chi connectivity index (χ4n) is 3.12. The summed E-state index contributed by atoms with van der Waals surface area (Å²) >= 11 is 0. The Hall–Kier alpha value is -3.71. The Bertz CT molecular complexity index is 1300. The number of alkyl halides is 3. The Morgan fingerprint density at radius 1 is 0.971 bits per heavy atom. The van der Waals surface area contributed by atoms with Crippen LogP contribution in [0.5, 0.6) is 0 Å². The van der Waals surface area contributed by atoms with E-state index in [0.717, 1.165) is 24.3 Å². The van der Waals surface area contributed by atoms with E-state index >= 15 is 0 Å². The van der Waals surface area contributed by atoms with Gasteiger partial charge in [0.05, 0.1) is 27.9 Å². The predicted octanol–water partition coefficient (Wildman–Crippen LogP) is 1.95. The number of amides is 2. The molecule has 0 fully saturated rings. The van der Waals surface area contributed by atoms with Crippen LogP contribution in [0.25, 0.3) is 0 Å². The van der Waals surface area contributed by atoms with Gasteiger partial charge in [-0.05, 0) is 54.8 Å². The maximum absolute atomic E-state index is 12.7. The van der Waals surface area contributed by atoms with Gasteiger partial charge in [-0.25, -0.2) is 13.6 Å². The summed E-state index contributed by atoms with van der Waals surface area (Å²) in [5.41, 5.74) is 5.17. The first-order chi connectivity index (χ1) is 15.9. The summed E-state index contributed by atoms with van der Waals surface area (Å²) in [6.45, 7) is 0. The van der Waals surface area contributed by atoms with Gasteiger partial charge in [-0.2, -0.15) is 18.3 Å². The summed E-state index contributed by atoms with van der Waals surface area (Å²) in [4.78, 5) is 24.6. The highest BCUT2D eigenvalue weighted by Crippen LogP contribution is 2.29. The normalized spacial score (nSPS) is 11.8. The van der Waals surface area contributed by atoms with Gasteiger partial charge in [0.15, 0.2) is 0 Å². The molecule has 9 nitrogen and oxygen atoms in total. The second kappa shape index (κ2) is 9.65. The number of nitrogens with two attached hydrogens (primary N) is 1. The van der Waals surface area contributed by atoms with Crippen LogP contribution in [-0.4, -0.2) is 30.0 Å². The lowest BCUT2D eigenvalue weighted by molar-refractivity contribution is -0.137. The minimum atomic E-state index is -4.42. The summed E-state index contributed by atoms with van der Waals surface area (Å²) in [5, 5.41) is 9.05. The maximum atomic E-state index is 12.7. The number of carbonyl (C=O) groups excluding carboxylic acids is 2. The molecule has 0 saturated heterocycles. The highest BCUT2D eigenvalue weighted by molar-refractivity contribution is 7.89. The molecule has 34 heavy (non-hydrogen) atoms. The quantitative estimate of drug-likeness (QED) is 0.449. The van der Waals surface area contributed by atoms with Gasteiger partial charge in [-0.1, -0.05) is 12.1 Å². The number of benzene rings is 2. The number of carbonyl (C=O) groups is 2. The summed E-state index contributed by atoms with van der Waals surface area (Å²) in [7, 11) is -2.29. The van der Waals surface area contributed by atoms with E-state index in [9.17, 15) is 31.2 Å². The number of nitrogens with zero attached hydrogens (tertiary/aromatic N) is 2. The molecular weight excluding hydrogens is 475 g/mol. The van der Waals surface area contributed by atoms with Crippen molar-refractivity contribution in [3.05, 3.63) is 82.7 Å². The number of primary sulfonamides is 1. The van der Waals surface area contributed by atoms with Crippen LogP contribution in [0.3, 0.4) is 0 Å². The van der Waals surface area contributed by atoms with E-state index in [0.29, 0.717) is 24.1 Å². The van der Waals surface area contributed by atoms with Crippen molar-refractivity contribution in [2.45, 2.75) is 23.9 Å². The van der Waals surface area contributed by atoms with E-state index < -0.39 is 33.6 Å². The van der Waals surface area contributed by atoms with E-state index in [1.165, 1.54) is 35.1 Å². The Kier molecular flexibility index (Phi) is 7.07. The molecule has 1 aromatic heterocycles. The summed E-state index contributed by atoms with van der Waals surface area (Å²) in [6, 6.07) is 9.54. The number of halogens is 3. The molecule has 0 aliphatic heterocycles. The van der Waals surface area contributed by atoms with Crippen molar-refractivity contribution in [1.29, 1.82) is 0 Å². The number of hydrazine groups is 1. The molecule has 2 amide bonds. The van der Waals surface area contributed by atoms with Crippen LogP contribution in [0.2, 0.25) is 0 Å². The largest absolute Gasteiger partial charge is 0.416 e. The van der Waals surface area contributed by atoms with Gasteiger partial charge in [0.1, 0.15) is 0 Å². The first-order valence-corrected chi connectivity index (χ1v) is 11.3. The zero-order valence-corrected chi connectivity index (χ0v) is 18.6. The Morgan fingerprint density at radius 2 is 1.56 bits per heavy atom. The van der Waals surface area contributed by atoms with Gasteiger partial charge in [0.25, 0.3) is 11.8 Å². The number of hydrogen-bond donors (Lipinski definition) is 3. The first kappa shape index (κ1) is 24.9. The van der Waals surface area contributed by atoms with E-state index in [-0.39, 0.29) is 16.0 Å². The van der Waals surface area contributed by atoms with Crippen molar-refractivity contribution in [3.63, 3.8) is 0 Å². The van der Waals surface area contributed by atoms with Crippen LogP contribution in [0.15, 0.2) is 59.6 Å². The van der Waals surface area contributed by atoms with Gasteiger partial charge in [0.2, 0.25) is 10.0 Å². The summed E-state index contributed by atoms with van der Waals surface area (Å²) in [6.07, 6.45) is -2.43. The van der Waals surface area contributed by atoms with Gasteiger partial charge < -0.3 is 0 Å². The molecule has 1 heterocycles. The second-order valence-corrected chi connectivity index (χ2v) is 8.86. The first-order valence-electron chi connectivity index (χ1n) is 9.77. The third kappa shape index (κ3) is 5.99. The zero-order chi connectivity index (χ0) is 25.1. The molecule has 4 N–H and O–H groups in total. The van der Waals surface area contributed by atoms with Crippen LogP contribution in [0.4, 0.5) is 13.2 Å². The summed E-state index contributed by atoms with van der Waals surface area (Å²) < 4.78 is 62.2.